The first kappa shape index (κ1) is 31.9. The Morgan fingerprint density at radius 3 is 2.17 bits per heavy atom. The van der Waals surface area contributed by atoms with E-state index >= 15 is 0 Å². The quantitative estimate of drug-likeness (QED) is 0.240. The van der Waals surface area contributed by atoms with E-state index in [1.54, 1.807) is 12.1 Å². The number of imidazole rings is 1. The largest absolute Gasteiger partial charge is 1.00 e. The first-order chi connectivity index (χ1) is 19.8. The minimum Gasteiger partial charge on any atom is -1.00 e. The molecule has 10 nitrogen and oxygen atoms in total. The molecule has 1 aromatic heterocycles. The van der Waals surface area contributed by atoms with Gasteiger partial charge in [-0.1, -0.05) is 6.08 Å². The molecule has 1 aliphatic heterocycles. The van der Waals surface area contributed by atoms with Crippen LogP contribution in [-0.4, -0.2) is 42.8 Å². The van der Waals surface area contributed by atoms with E-state index in [2.05, 4.69) is 44.9 Å². The van der Waals surface area contributed by atoms with Gasteiger partial charge >= 0.3 is 11.9 Å². The first-order valence-corrected chi connectivity index (χ1v) is 13.5. The summed E-state index contributed by atoms with van der Waals surface area (Å²) in [4.78, 5) is 27.1. The Hall–Kier alpha value is -4.61. The number of rotatable bonds is 10. The van der Waals surface area contributed by atoms with Crippen LogP contribution in [0, 0.1) is 22.7 Å². The van der Waals surface area contributed by atoms with E-state index in [-0.39, 0.29) is 42.1 Å². The Labute approximate surface area is 256 Å². The van der Waals surface area contributed by atoms with Gasteiger partial charge < -0.3 is 36.3 Å². The third kappa shape index (κ3) is 6.64. The zero-order valence-corrected chi connectivity index (χ0v) is 25.7. The zero-order valence-electron chi connectivity index (χ0n) is 24.1. The lowest BCUT2D eigenvalue weighted by Crippen LogP contribution is -3.00. The second-order valence-corrected chi connectivity index (χ2v) is 9.34. The second-order valence-electron chi connectivity index (χ2n) is 9.34. The molecule has 11 heteroatoms. The smallest absolute Gasteiger partial charge is 0.302 e. The molecule has 0 radical (unpaired) electrons. The van der Waals surface area contributed by atoms with Crippen LogP contribution in [0.2, 0.25) is 0 Å². The number of fused-ring (bicyclic) bond motifs is 2. The maximum Gasteiger partial charge on any atom is 0.302 e. The predicted molar refractivity (Wildman–Crippen MR) is 154 cm³/mol. The monoisotopic (exact) mass is 632 g/mol. The SMILES string of the molecule is CCN1C(=CC=Cc2n(CCOC(C)=O)c3cc(C#N)ccc3[n+]2CC)N(CCOC(C)=O)c2cc(C#N)ccc21.[Br-]. The Kier molecular flexibility index (Phi) is 10.9. The number of allylic oxidation sites excluding steroid dienone is 2. The van der Waals surface area contributed by atoms with Crippen molar-refractivity contribution in [2.45, 2.75) is 40.8 Å². The summed E-state index contributed by atoms with van der Waals surface area (Å²) in [5, 5.41) is 19.0. The van der Waals surface area contributed by atoms with Gasteiger partial charge in [-0.15, -0.1) is 0 Å². The van der Waals surface area contributed by atoms with E-state index in [0.717, 1.165) is 34.1 Å². The van der Waals surface area contributed by atoms with Gasteiger partial charge in [0, 0.05) is 32.5 Å². The summed E-state index contributed by atoms with van der Waals surface area (Å²) in [6.07, 6.45) is 5.96. The number of carbonyl (C=O) groups excluding carboxylic acids is 2. The molecule has 2 heterocycles. The van der Waals surface area contributed by atoms with Gasteiger partial charge in [0.1, 0.15) is 25.6 Å². The molecule has 4 rings (SSSR count). The molecule has 0 spiro atoms. The number of nitrogens with zero attached hydrogens (tertiary/aromatic N) is 6. The maximum atomic E-state index is 11.4. The Balaban J connectivity index is 0.00000484. The number of halogens is 1. The number of aromatic nitrogens is 2. The van der Waals surface area contributed by atoms with Crippen LogP contribution in [0.25, 0.3) is 17.1 Å². The highest BCUT2D eigenvalue weighted by molar-refractivity contribution is 5.84. The molecule has 0 fully saturated rings. The fourth-order valence-corrected chi connectivity index (χ4v) is 5.14. The normalized spacial score (nSPS) is 13.1. The van der Waals surface area contributed by atoms with E-state index in [1.807, 2.05) is 42.5 Å². The number of hydrogen-bond acceptors (Lipinski definition) is 8. The summed E-state index contributed by atoms with van der Waals surface area (Å²) in [6, 6.07) is 15.6. The fraction of sp³-hybridized carbons (Fsp3) is 0.323. The molecule has 3 aromatic rings. The number of esters is 2. The molecule has 42 heavy (non-hydrogen) atoms. The minimum atomic E-state index is -0.349. The van der Waals surface area contributed by atoms with Crippen molar-refractivity contribution in [3.63, 3.8) is 0 Å². The van der Waals surface area contributed by atoms with Crippen molar-refractivity contribution >= 4 is 40.4 Å². The van der Waals surface area contributed by atoms with Crippen molar-refractivity contribution in [3.05, 3.63) is 71.3 Å². The molecule has 0 N–H and O–H groups in total. The standard InChI is InChI=1S/C31H33N6O4.BrH/c1-5-34-26-12-10-24(20-32)18-28(26)36(14-16-40-22(3)38)30(34)8-7-9-31-35(6-2)27-13-11-25(21-33)19-29(27)37(31)15-17-41-23(4)39;/h7-13,18-19H,5-6,14-17H2,1-4H3;1H/q+1;/p-1. The fourth-order valence-electron chi connectivity index (χ4n) is 5.14. The third-order valence-corrected chi connectivity index (χ3v) is 6.84. The van der Waals surface area contributed by atoms with E-state index in [9.17, 15) is 20.1 Å². The number of ether oxygens (including phenoxy) is 2. The molecule has 0 amide bonds. The highest BCUT2D eigenvalue weighted by Gasteiger charge is 2.30. The third-order valence-electron chi connectivity index (χ3n) is 6.84. The summed E-state index contributed by atoms with van der Waals surface area (Å²) >= 11 is 0. The highest BCUT2D eigenvalue weighted by atomic mass is 79.9. The van der Waals surface area contributed by atoms with Crippen LogP contribution < -0.4 is 31.3 Å². The summed E-state index contributed by atoms with van der Waals surface area (Å²) in [5.74, 6) is 1.08. The Morgan fingerprint density at radius 2 is 1.55 bits per heavy atom. The lowest BCUT2D eigenvalue weighted by molar-refractivity contribution is -0.670. The van der Waals surface area contributed by atoms with E-state index in [4.69, 9.17) is 9.47 Å². The molecule has 1 aliphatic rings. The van der Waals surface area contributed by atoms with Crippen LogP contribution >= 0.6 is 0 Å². The van der Waals surface area contributed by atoms with Gasteiger partial charge in [0.2, 0.25) is 0 Å². The molecule has 2 aromatic carbocycles. The average Bonchev–Trinajstić information content (AvgIpc) is 3.42. The molecule has 0 saturated carbocycles. The molecule has 0 aliphatic carbocycles. The Morgan fingerprint density at radius 1 is 0.905 bits per heavy atom. The van der Waals surface area contributed by atoms with Crippen molar-refractivity contribution in [3.8, 4) is 12.1 Å². The van der Waals surface area contributed by atoms with Crippen LogP contribution in [0.5, 0.6) is 0 Å². The molecule has 0 saturated heterocycles. The Bertz CT molecular complexity index is 1630. The van der Waals surface area contributed by atoms with Gasteiger partial charge in [0.25, 0.3) is 5.82 Å². The average molecular weight is 634 g/mol. The number of carbonyl (C=O) groups is 2. The first-order valence-electron chi connectivity index (χ1n) is 13.5. The van der Waals surface area contributed by atoms with E-state index in [0.29, 0.717) is 37.3 Å². The molecule has 218 valence electrons. The number of anilines is 2. The van der Waals surface area contributed by atoms with Gasteiger partial charge in [-0.2, -0.15) is 10.5 Å². The lowest BCUT2D eigenvalue weighted by atomic mass is 10.2. The number of benzene rings is 2. The van der Waals surface area contributed by atoms with Crippen LogP contribution in [0.4, 0.5) is 11.4 Å². The number of aryl methyl sites for hydroxylation is 1. The van der Waals surface area contributed by atoms with Gasteiger partial charge in [-0.25, -0.2) is 9.13 Å². The van der Waals surface area contributed by atoms with Crippen LogP contribution in [-0.2, 0) is 32.2 Å². The highest BCUT2D eigenvalue weighted by Crippen LogP contribution is 2.42. The molecular weight excluding hydrogens is 600 g/mol. The van der Waals surface area contributed by atoms with Crippen molar-refractivity contribution < 1.29 is 40.6 Å². The van der Waals surface area contributed by atoms with E-state index in [1.165, 1.54) is 13.8 Å². The van der Waals surface area contributed by atoms with Crippen molar-refractivity contribution in [2.24, 2.45) is 0 Å². The molecule has 0 bridgehead atoms. The summed E-state index contributed by atoms with van der Waals surface area (Å²) in [7, 11) is 0. The van der Waals surface area contributed by atoms with Crippen LogP contribution in [0.3, 0.4) is 0 Å². The van der Waals surface area contributed by atoms with Crippen molar-refractivity contribution in [1.82, 2.24) is 4.57 Å². The summed E-state index contributed by atoms with van der Waals surface area (Å²) < 4.78 is 14.7. The van der Waals surface area contributed by atoms with Crippen LogP contribution in [0.15, 0.2) is 54.4 Å². The van der Waals surface area contributed by atoms with Crippen molar-refractivity contribution in [2.75, 3.05) is 36.1 Å². The second kappa shape index (κ2) is 14.3. The predicted octanol–water partition coefficient (Wildman–Crippen LogP) is 1.02. The topological polar surface area (TPSA) is 115 Å². The molecule has 0 atom stereocenters. The van der Waals surface area contributed by atoms with Gasteiger partial charge in [-0.05, 0) is 50.3 Å². The van der Waals surface area contributed by atoms with E-state index < -0.39 is 0 Å². The van der Waals surface area contributed by atoms with Crippen molar-refractivity contribution in [1.29, 1.82) is 10.5 Å². The molecular formula is C31H33BrN6O4. The number of hydrogen-bond donors (Lipinski definition) is 0. The van der Waals surface area contributed by atoms with Crippen LogP contribution in [0.1, 0.15) is 44.6 Å². The van der Waals surface area contributed by atoms with Gasteiger partial charge in [-0.3, -0.25) is 9.59 Å². The summed E-state index contributed by atoms with van der Waals surface area (Å²) in [6.45, 7) is 9.50. The van der Waals surface area contributed by atoms with Gasteiger partial charge in [0.05, 0.1) is 47.7 Å². The zero-order chi connectivity index (χ0) is 29.5. The van der Waals surface area contributed by atoms with Gasteiger partial charge in [0.15, 0.2) is 11.0 Å². The maximum absolute atomic E-state index is 11.4. The minimum absolute atomic E-state index is 0. The lowest BCUT2D eigenvalue weighted by Gasteiger charge is -2.24. The number of nitriles is 2. The molecule has 0 unspecified atom stereocenters. The summed E-state index contributed by atoms with van der Waals surface area (Å²) in [5.41, 5.74) is 4.79.